The smallest absolute Gasteiger partial charge is 0.179 e. The maximum absolute atomic E-state index is 12.7. The van der Waals surface area contributed by atoms with Crippen molar-refractivity contribution < 1.29 is 13.2 Å². The largest absolute Gasteiger partial charge is 0.496 e. The van der Waals surface area contributed by atoms with Crippen LogP contribution in [0.3, 0.4) is 0 Å². The van der Waals surface area contributed by atoms with E-state index >= 15 is 0 Å². The molecule has 0 unspecified atom stereocenters. The molecular weight excluding hydrogens is 378 g/mol. The third-order valence-electron chi connectivity index (χ3n) is 4.32. The molecule has 142 valence electrons. The average Bonchev–Trinajstić information content (AvgIpc) is 3.20. The molecule has 0 bridgehead atoms. The van der Waals surface area contributed by atoms with Crippen LogP contribution in [0.4, 0.5) is 0 Å². The first-order valence-electron chi connectivity index (χ1n) is 8.73. The molecule has 2 aromatic carbocycles. The van der Waals surface area contributed by atoms with Gasteiger partial charge in [-0.15, -0.1) is 11.3 Å². The zero-order chi connectivity index (χ0) is 19.1. The Morgan fingerprint density at radius 1 is 0.926 bits per heavy atom. The molecule has 1 aromatic heterocycles. The Morgan fingerprint density at radius 2 is 1.67 bits per heavy atom. The van der Waals surface area contributed by atoms with E-state index in [9.17, 15) is 8.42 Å². The van der Waals surface area contributed by atoms with Crippen LogP contribution in [-0.2, 0) is 22.9 Å². The van der Waals surface area contributed by atoms with Gasteiger partial charge in [-0.2, -0.15) is 0 Å². The van der Waals surface area contributed by atoms with E-state index in [1.165, 1.54) is 4.88 Å². The van der Waals surface area contributed by atoms with Gasteiger partial charge < -0.3 is 4.74 Å². The highest BCUT2D eigenvalue weighted by molar-refractivity contribution is 7.91. The third-order valence-corrected chi connectivity index (χ3v) is 6.90. The quantitative estimate of drug-likeness (QED) is 0.538. The highest BCUT2D eigenvalue weighted by Gasteiger charge is 2.18. The van der Waals surface area contributed by atoms with Crippen molar-refractivity contribution in [2.45, 2.75) is 18.0 Å². The second-order valence-electron chi connectivity index (χ2n) is 6.23. The van der Waals surface area contributed by atoms with Crippen molar-refractivity contribution in [1.29, 1.82) is 0 Å². The van der Waals surface area contributed by atoms with Crippen LogP contribution in [-0.4, -0.2) is 32.7 Å². The minimum atomic E-state index is -3.31. The molecule has 3 aromatic rings. The van der Waals surface area contributed by atoms with Crippen molar-refractivity contribution >= 4 is 21.2 Å². The van der Waals surface area contributed by atoms with Crippen molar-refractivity contribution in [3.63, 3.8) is 0 Å². The number of methoxy groups -OCH3 is 1. The molecular formula is C21H23NO3S2. The van der Waals surface area contributed by atoms with Gasteiger partial charge in [-0.3, -0.25) is 4.90 Å². The van der Waals surface area contributed by atoms with E-state index in [0.717, 1.165) is 11.3 Å². The van der Waals surface area contributed by atoms with Crippen LogP contribution in [0.2, 0.25) is 0 Å². The molecule has 0 N–H and O–H groups in total. The van der Waals surface area contributed by atoms with Crippen molar-refractivity contribution in [2.75, 3.05) is 19.4 Å². The third kappa shape index (κ3) is 5.42. The summed E-state index contributed by atoms with van der Waals surface area (Å²) in [5.74, 6) is 0.900. The van der Waals surface area contributed by atoms with E-state index in [4.69, 9.17) is 4.74 Å². The predicted octanol–water partition coefficient (Wildman–Crippen LogP) is 4.23. The van der Waals surface area contributed by atoms with Gasteiger partial charge in [0.15, 0.2) is 9.84 Å². The van der Waals surface area contributed by atoms with Crippen LogP contribution in [0.15, 0.2) is 77.0 Å². The molecule has 0 aliphatic rings. The molecule has 0 atom stereocenters. The second-order valence-corrected chi connectivity index (χ2v) is 9.38. The fourth-order valence-corrected chi connectivity index (χ4v) is 4.96. The van der Waals surface area contributed by atoms with Crippen molar-refractivity contribution in [3.8, 4) is 5.75 Å². The molecule has 0 saturated carbocycles. The monoisotopic (exact) mass is 401 g/mol. The summed E-state index contributed by atoms with van der Waals surface area (Å²) in [7, 11) is -1.66. The number of para-hydroxylation sites is 1. The van der Waals surface area contributed by atoms with Crippen LogP contribution < -0.4 is 4.74 Å². The summed E-state index contributed by atoms with van der Waals surface area (Å²) < 4.78 is 30.8. The molecule has 4 nitrogen and oxygen atoms in total. The van der Waals surface area contributed by atoms with Gasteiger partial charge in [0.25, 0.3) is 0 Å². The van der Waals surface area contributed by atoms with Gasteiger partial charge >= 0.3 is 0 Å². The molecule has 0 saturated heterocycles. The summed E-state index contributed by atoms with van der Waals surface area (Å²) in [5.41, 5.74) is 1.05. The number of benzene rings is 2. The molecule has 6 heteroatoms. The zero-order valence-electron chi connectivity index (χ0n) is 15.2. The molecule has 1 heterocycles. The van der Waals surface area contributed by atoms with Crippen molar-refractivity contribution in [1.82, 2.24) is 4.90 Å². The lowest BCUT2D eigenvalue weighted by atomic mass is 10.2. The topological polar surface area (TPSA) is 46.6 Å². The van der Waals surface area contributed by atoms with E-state index < -0.39 is 9.84 Å². The van der Waals surface area contributed by atoms with Gasteiger partial charge in [-0.05, 0) is 29.6 Å². The summed E-state index contributed by atoms with van der Waals surface area (Å²) in [5, 5.41) is 2.04. The molecule has 0 aliphatic heterocycles. The van der Waals surface area contributed by atoms with Crippen LogP contribution in [0, 0.1) is 0 Å². The number of hydrogen-bond acceptors (Lipinski definition) is 5. The van der Waals surface area contributed by atoms with E-state index in [1.807, 2.05) is 41.8 Å². The lowest BCUT2D eigenvalue weighted by molar-refractivity contribution is 0.269. The van der Waals surface area contributed by atoms with Crippen LogP contribution in [0.5, 0.6) is 5.75 Å². The SMILES string of the molecule is COc1ccccc1CN(CCS(=O)(=O)c1ccccc1)Cc1cccs1. The first-order chi connectivity index (χ1) is 13.1. The number of thiophene rings is 1. The Kier molecular flexibility index (Phi) is 6.66. The number of ether oxygens (including phenoxy) is 1. The fourth-order valence-electron chi connectivity index (χ4n) is 2.91. The Bertz CT molecular complexity index is 939. The van der Waals surface area contributed by atoms with E-state index in [0.29, 0.717) is 24.5 Å². The number of hydrogen-bond donors (Lipinski definition) is 0. The van der Waals surface area contributed by atoms with Gasteiger partial charge in [-0.1, -0.05) is 42.5 Å². The maximum Gasteiger partial charge on any atom is 0.179 e. The highest BCUT2D eigenvalue weighted by Crippen LogP contribution is 2.22. The minimum absolute atomic E-state index is 0.0809. The lowest BCUT2D eigenvalue weighted by Gasteiger charge is -2.23. The summed E-state index contributed by atoms with van der Waals surface area (Å²) >= 11 is 1.68. The molecule has 0 radical (unpaired) electrons. The van der Waals surface area contributed by atoms with E-state index in [1.54, 1.807) is 42.7 Å². The van der Waals surface area contributed by atoms with Crippen molar-refractivity contribution in [2.24, 2.45) is 0 Å². The number of sulfone groups is 1. The molecule has 0 spiro atoms. The normalized spacial score (nSPS) is 11.6. The van der Waals surface area contributed by atoms with Crippen molar-refractivity contribution in [3.05, 3.63) is 82.6 Å². The molecule has 0 fully saturated rings. The average molecular weight is 402 g/mol. The number of nitrogens with zero attached hydrogens (tertiary/aromatic N) is 1. The minimum Gasteiger partial charge on any atom is -0.496 e. The summed E-state index contributed by atoms with van der Waals surface area (Å²) in [6, 6.07) is 20.6. The van der Waals surface area contributed by atoms with E-state index in [-0.39, 0.29) is 5.75 Å². The Hall–Kier alpha value is -2.15. The highest BCUT2D eigenvalue weighted by atomic mass is 32.2. The molecule has 0 amide bonds. The van der Waals surface area contributed by atoms with Crippen LogP contribution >= 0.6 is 11.3 Å². The fraction of sp³-hybridized carbons (Fsp3) is 0.238. The molecule has 3 rings (SSSR count). The van der Waals surface area contributed by atoms with E-state index in [2.05, 4.69) is 11.0 Å². The van der Waals surface area contributed by atoms with Crippen LogP contribution in [0.1, 0.15) is 10.4 Å². The van der Waals surface area contributed by atoms with Crippen LogP contribution in [0.25, 0.3) is 0 Å². The summed E-state index contributed by atoms with van der Waals surface area (Å²) in [4.78, 5) is 3.74. The Morgan fingerprint density at radius 3 is 2.37 bits per heavy atom. The lowest BCUT2D eigenvalue weighted by Crippen LogP contribution is -2.28. The number of rotatable bonds is 9. The first kappa shape index (κ1) is 19.6. The van der Waals surface area contributed by atoms with Gasteiger partial charge in [0.2, 0.25) is 0 Å². The van der Waals surface area contributed by atoms with Gasteiger partial charge in [0, 0.05) is 30.1 Å². The second kappa shape index (κ2) is 9.17. The maximum atomic E-state index is 12.7. The first-order valence-corrected chi connectivity index (χ1v) is 11.3. The standard InChI is InChI=1S/C21H23NO3S2/c1-25-21-12-6-5-8-18(21)16-22(17-19-9-7-14-26-19)13-15-27(23,24)20-10-3-2-4-11-20/h2-12,14H,13,15-17H2,1H3. The predicted molar refractivity (Wildman–Crippen MR) is 110 cm³/mol. The van der Waals surface area contributed by atoms with Gasteiger partial charge in [0.05, 0.1) is 17.8 Å². The Labute approximate surface area is 165 Å². The molecule has 27 heavy (non-hydrogen) atoms. The van der Waals surface area contributed by atoms with Gasteiger partial charge in [0.1, 0.15) is 5.75 Å². The van der Waals surface area contributed by atoms with Gasteiger partial charge in [-0.25, -0.2) is 8.42 Å². The Balaban J connectivity index is 1.76. The zero-order valence-corrected chi connectivity index (χ0v) is 16.9. The summed E-state index contributed by atoms with van der Waals surface area (Å²) in [6.07, 6.45) is 0. The summed E-state index contributed by atoms with van der Waals surface area (Å²) in [6.45, 7) is 1.79. The molecule has 0 aliphatic carbocycles.